The maximum absolute atomic E-state index is 12.4. The quantitative estimate of drug-likeness (QED) is 0.620. The Morgan fingerprint density at radius 1 is 1.33 bits per heavy atom. The lowest BCUT2D eigenvalue weighted by Crippen LogP contribution is -2.50. The number of aromatic hydroxyl groups is 2. The minimum atomic E-state index is -1.33. The van der Waals surface area contributed by atoms with Crippen molar-refractivity contribution < 1.29 is 29.6 Å². The van der Waals surface area contributed by atoms with Gasteiger partial charge < -0.3 is 29.7 Å². The summed E-state index contributed by atoms with van der Waals surface area (Å²) in [5.74, 6) is -0.336. The predicted molar refractivity (Wildman–Crippen MR) is 87.1 cm³/mol. The van der Waals surface area contributed by atoms with Crippen molar-refractivity contribution in [2.45, 2.75) is 18.4 Å². The number of nitrogens with zero attached hydrogens (tertiary/aromatic N) is 1. The number of aliphatic hydroxyl groups is 1. The summed E-state index contributed by atoms with van der Waals surface area (Å²) in [5, 5.41) is 29.8. The number of ether oxygens (including phenoxy) is 2. The zero-order valence-corrected chi connectivity index (χ0v) is 14.1. The summed E-state index contributed by atoms with van der Waals surface area (Å²) in [6.07, 6.45) is 2.31. The molecular weight excluding hydrogens is 314 g/mol. The molecule has 0 radical (unpaired) electrons. The van der Waals surface area contributed by atoms with Crippen LogP contribution in [0.3, 0.4) is 0 Å². The minimum absolute atomic E-state index is 0.00927. The second-order valence-electron chi connectivity index (χ2n) is 6.48. The number of hydrogen-bond acceptors (Lipinski definition) is 6. The summed E-state index contributed by atoms with van der Waals surface area (Å²) in [7, 11) is 3.00. The molecule has 2 rings (SSSR count). The largest absolute Gasteiger partial charge is 0.508 e. The van der Waals surface area contributed by atoms with Crippen LogP contribution in [0.4, 0.5) is 0 Å². The van der Waals surface area contributed by atoms with Crippen molar-refractivity contribution in [3.63, 3.8) is 0 Å². The third kappa shape index (κ3) is 5.09. The Morgan fingerprint density at radius 2 is 2.04 bits per heavy atom. The molecular formula is C17H25NO6. The van der Waals surface area contributed by atoms with Gasteiger partial charge in [0.1, 0.15) is 17.1 Å². The van der Waals surface area contributed by atoms with Gasteiger partial charge >= 0.3 is 0 Å². The van der Waals surface area contributed by atoms with Crippen molar-refractivity contribution in [2.75, 3.05) is 40.5 Å². The first kappa shape index (κ1) is 18.5. The second kappa shape index (κ2) is 7.83. The Morgan fingerprint density at radius 3 is 2.62 bits per heavy atom. The molecule has 1 saturated carbocycles. The highest BCUT2D eigenvalue weighted by atomic mass is 16.5. The Labute approximate surface area is 141 Å². The van der Waals surface area contributed by atoms with E-state index in [1.807, 2.05) is 0 Å². The van der Waals surface area contributed by atoms with Crippen LogP contribution in [0.2, 0.25) is 0 Å². The van der Waals surface area contributed by atoms with E-state index in [1.54, 1.807) is 0 Å². The smallest absolute Gasteiger partial charge is 0.257 e. The van der Waals surface area contributed by atoms with Crippen LogP contribution in [0.1, 0.15) is 23.2 Å². The number of benzene rings is 1. The van der Waals surface area contributed by atoms with Gasteiger partial charge in [0, 0.05) is 26.8 Å². The number of hydrogen-bond donors (Lipinski definition) is 3. The summed E-state index contributed by atoms with van der Waals surface area (Å²) >= 11 is 0. The molecule has 0 aliphatic heterocycles. The molecule has 0 saturated heterocycles. The minimum Gasteiger partial charge on any atom is -0.508 e. The van der Waals surface area contributed by atoms with Crippen LogP contribution in [0.15, 0.2) is 18.2 Å². The molecule has 1 atom stereocenters. The molecule has 1 fully saturated rings. The maximum atomic E-state index is 12.4. The number of amides is 1. The zero-order chi connectivity index (χ0) is 17.7. The lowest BCUT2D eigenvalue weighted by atomic mass is 10.1. The first-order valence-corrected chi connectivity index (χ1v) is 7.91. The molecule has 0 aromatic heterocycles. The third-order valence-corrected chi connectivity index (χ3v) is 3.92. The van der Waals surface area contributed by atoms with Crippen molar-refractivity contribution in [1.82, 2.24) is 4.90 Å². The molecule has 0 spiro atoms. The summed E-state index contributed by atoms with van der Waals surface area (Å²) in [6.45, 7) is 0.681. The molecule has 1 amide bonds. The van der Waals surface area contributed by atoms with Crippen LogP contribution < -0.4 is 0 Å². The average molecular weight is 339 g/mol. The summed E-state index contributed by atoms with van der Waals surface area (Å²) < 4.78 is 10.6. The van der Waals surface area contributed by atoms with Crippen LogP contribution in [0.5, 0.6) is 11.5 Å². The van der Waals surface area contributed by atoms with Crippen molar-refractivity contribution in [3.05, 3.63) is 23.8 Å². The number of likely N-dealkylation sites (N-methyl/N-ethyl adjacent to an activating group) is 1. The Bertz CT molecular complexity index is 574. The molecule has 0 bridgehead atoms. The lowest BCUT2D eigenvalue weighted by Gasteiger charge is -2.32. The van der Waals surface area contributed by atoms with E-state index in [4.69, 9.17) is 9.47 Å². The van der Waals surface area contributed by atoms with E-state index in [9.17, 15) is 20.1 Å². The Kier molecular flexibility index (Phi) is 6.04. The van der Waals surface area contributed by atoms with Crippen LogP contribution in [-0.4, -0.2) is 72.3 Å². The molecule has 1 unspecified atom stereocenters. The molecule has 24 heavy (non-hydrogen) atoms. The molecule has 1 aromatic rings. The number of methoxy groups -OCH3 is 1. The first-order valence-electron chi connectivity index (χ1n) is 7.91. The van der Waals surface area contributed by atoms with E-state index < -0.39 is 11.5 Å². The molecule has 7 heteroatoms. The van der Waals surface area contributed by atoms with Crippen LogP contribution in [0, 0.1) is 5.92 Å². The van der Waals surface area contributed by atoms with Gasteiger partial charge in [-0.25, -0.2) is 0 Å². The third-order valence-electron chi connectivity index (χ3n) is 3.92. The fourth-order valence-corrected chi connectivity index (χ4v) is 2.52. The van der Waals surface area contributed by atoms with Crippen LogP contribution in [0.25, 0.3) is 0 Å². The molecule has 1 aliphatic rings. The molecule has 7 nitrogen and oxygen atoms in total. The summed E-state index contributed by atoms with van der Waals surface area (Å²) in [5.41, 5.74) is -1.28. The molecule has 0 heterocycles. The number of phenolic OH excluding ortho intramolecular Hbond substituents is 2. The fourth-order valence-electron chi connectivity index (χ4n) is 2.52. The van der Waals surface area contributed by atoms with E-state index in [1.165, 1.54) is 31.2 Å². The van der Waals surface area contributed by atoms with Gasteiger partial charge in [-0.3, -0.25) is 4.79 Å². The van der Waals surface area contributed by atoms with Gasteiger partial charge in [-0.05, 0) is 30.9 Å². The van der Waals surface area contributed by atoms with Gasteiger partial charge in [-0.2, -0.15) is 0 Å². The molecule has 134 valence electrons. The number of carbonyl (C=O) groups is 1. The Hall–Kier alpha value is -1.83. The van der Waals surface area contributed by atoms with Crippen molar-refractivity contribution in [1.29, 1.82) is 0 Å². The van der Waals surface area contributed by atoms with Crippen molar-refractivity contribution in [3.8, 4) is 11.5 Å². The van der Waals surface area contributed by atoms with Gasteiger partial charge in [0.25, 0.3) is 5.91 Å². The predicted octanol–water partition coefficient (Wildman–Crippen LogP) is 0.974. The van der Waals surface area contributed by atoms with E-state index in [-0.39, 0.29) is 36.8 Å². The highest BCUT2D eigenvalue weighted by Gasteiger charge is 2.33. The maximum Gasteiger partial charge on any atom is 0.257 e. The summed E-state index contributed by atoms with van der Waals surface area (Å²) in [4.78, 5) is 13.7. The van der Waals surface area contributed by atoms with Gasteiger partial charge in [0.05, 0.1) is 25.3 Å². The topological polar surface area (TPSA) is 99.5 Å². The molecule has 3 N–H and O–H groups in total. The summed E-state index contributed by atoms with van der Waals surface area (Å²) in [6, 6.07) is 3.75. The lowest BCUT2D eigenvalue weighted by molar-refractivity contribution is -0.0970. The fraction of sp³-hybridized carbons (Fsp3) is 0.588. The number of phenols is 2. The zero-order valence-electron chi connectivity index (χ0n) is 14.1. The van der Waals surface area contributed by atoms with Gasteiger partial charge in [0.2, 0.25) is 0 Å². The van der Waals surface area contributed by atoms with E-state index >= 15 is 0 Å². The number of rotatable bonds is 9. The highest BCUT2D eigenvalue weighted by Crippen LogP contribution is 2.29. The number of carbonyl (C=O) groups excluding carboxylic acids is 1. The van der Waals surface area contributed by atoms with Crippen LogP contribution in [-0.2, 0) is 9.47 Å². The van der Waals surface area contributed by atoms with E-state index in [0.29, 0.717) is 12.5 Å². The first-order chi connectivity index (χ1) is 11.3. The van der Waals surface area contributed by atoms with Crippen LogP contribution >= 0.6 is 0 Å². The van der Waals surface area contributed by atoms with E-state index in [2.05, 4.69) is 0 Å². The average Bonchev–Trinajstić information content (AvgIpc) is 3.31. The van der Waals surface area contributed by atoms with E-state index in [0.717, 1.165) is 18.9 Å². The van der Waals surface area contributed by atoms with Crippen molar-refractivity contribution in [2.24, 2.45) is 5.92 Å². The van der Waals surface area contributed by atoms with Gasteiger partial charge in [-0.1, -0.05) is 0 Å². The molecule has 1 aromatic carbocycles. The monoisotopic (exact) mass is 339 g/mol. The standard InChI is InChI=1S/C17H25NO6/c1-18(16(21)14-6-5-13(19)7-15(14)20)9-17(22,10-23-2)11-24-8-12-3-4-12/h5-7,12,19-20,22H,3-4,8-11H2,1-2H3. The second-order valence-corrected chi connectivity index (χ2v) is 6.48. The SMILES string of the molecule is COCC(O)(COCC1CC1)CN(C)C(=O)c1ccc(O)cc1O. The molecule has 1 aliphatic carbocycles. The highest BCUT2D eigenvalue weighted by molar-refractivity contribution is 5.96. The van der Waals surface area contributed by atoms with Crippen molar-refractivity contribution >= 4 is 5.91 Å². The normalized spacial score (nSPS) is 16.6. The van der Waals surface area contributed by atoms with Gasteiger partial charge in [0.15, 0.2) is 0 Å². The Balaban J connectivity index is 1.99. The van der Waals surface area contributed by atoms with Gasteiger partial charge in [-0.15, -0.1) is 0 Å².